The molecule has 1 rings (SSSR count). The quantitative estimate of drug-likeness (QED) is 0.187. The monoisotopic (exact) mass is 472 g/mol. The van der Waals surface area contributed by atoms with Gasteiger partial charge in [-0.15, -0.1) is 0 Å². The Labute approximate surface area is 190 Å². The summed E-state index contributed by atoms with van der Waals surface area (Å²) in [5.74, 6) is -6.39. The first-order valence-corrected chi connectivity index (χ1v) is 10.7. The fourth-order valence-electron chi connectivity index (χ4n) is 3.48. The largest absolute Gasteiger partial charge is 0.481 e. The van der Waals surface area contributed by atoms with Crippen LogP contribution in [-0.4, -0.2) is 86.6 Å². The molecule has 1 saturated heterocycles. The van der Waals surface area contributed by atoms with Gasteiger partial charge in [0.15, 0.2) is 0 Å². The van der Waals surface area contributed by atoms with Gasteiger partial charge in [-0.2, -0.15) is 0 Å². The smallest absolute Gasteiger partial charge is 0.326 e. The number of hydrogen-bond acceptors (Lipinski definition) is 7. The highest BCUT2D eigenvalue weighted by molar-refractivity contribution is 5.95. The van der Waals surface area contributed by atoms with E-state index in [0.29, 0.717) is 12.8 Å². The number of rotatable bonds is 13. The molecule has 3 amide bonds. The van der Waals surface area contributed by atoms with E-state index in [1.54, 1.807) is 13.8 Å². The molecule has 0 bridgehead atoms. The van der Waals surface area contributed by atoms with Crippen LogP contribution in [0.25, 0.3) is 0 Å². The number of carboxylic acid groups (broad SMARTS) is 3. The number of carboxylic acids is 3. The molecule has 13 nitrogen and oxygen atoms in total. The second-order valence-electron chi connectivity index (χ2n) is 8.10. The van der Waals surface area contributed by atoms with Gasteiger partial charge in [0.05, 0.1) is 12.5 Å². The van der Waals surface area contributed by atoms with Crippen LogP contribution in [0.5, 0.6) is 0 Å². The van der Waals surface area contributed by atoms with Crippen molar-refractivity contribution in [2.75, 3.05) is 6.54 Å². The van der Waals surface area contributed by atoms with Gasteiger partial charge in [-0.1, -0.05) is 20.3 Å². The highest BCUT2D eigenvalue weighted by atomic mass is 16.4. The van der Waals surface area contributed by atoms with Crippen molar-refractivity contribution >= 4 is 35.6 Å². The van der Waals surface area contributed by atoms with E-state index in [2.05, 4.69) is 10.6 Å². The maximum absolute atomic E-state index is 13.3. The molecule has 0 aromatic carbocycles. The zero-order valence-corrected chi connectivity index (χ0v) is 18.7. The zero-order chi connectivity index (χ0) is 25.3. The molecular formula is C20H32N4O9. The van der Waals surface area contributed by atoms with Crippen LogP contribution >= 0.6 is 0 Å². The van der Waals surface area contributed by atoms with E-state index in [4.69, 9.17) is 21.1 Å². The summed E-state index contributed by atoms with van der Waals surface area (Å²) in [5.41, 5.74) is 5.74. The lowest BCUT2D eigenvalue weighted by Crippen LogP contribution is -2.58. The van der Waals surface area contributed by atoms with Crippen molar-refractivity contribution in [1.82, 2.24) is 15.5 Å². The van der Waals surface area contributed by atoms with Gasteiger partial charge in [-0.3, -0.25) is 24.0 Å². The molecule has 1 aliphatic heterocycles. The van der Waals surface area contributed by atoms with E-state index < -0.39 is 66.2 Å². The minimum atomic E-state index is -1.65. The topological polar surface area (TPSA) is 216 Å². The van der Waals surface area contributed by atoms with Crippen LogP contribution < -0.4 is 16.4 Å². The molecule has 7 N–H and O–H groups in total. The summed E-state index contributed by atoms with van der Waals surface area (Å²) in [4.78, 5) is 72.5. The minimum absolute atomic E-state index is 0.114. The number of nitrogens with one attached hydrogen (secondary N) is 2. The Kier molecular flexibility index (Phi) is 10.7. The molecule has 0 spiro atoms. The van der Waals surface area contributed by atoms with Gasteiger partial charge in [0.2, 0.25) is 17.7 Å². The average molecular weight is 472 g/mol. The Morgan fingerprint density at radius 3 is 2.21 bits per heavy atom. The Balaban J connectivity index is 2.96. The van der Waals surface area contributed by atoms with Crippen molar-refractivity contribution in [1.29, 1.82) is 0 Å². The molecule has 186 valence electrons. The minimum Gasteiger partial charge on any atom is -0.481 e. The molecule has 0 saturated carbocycles. The summed E-state index contributed by atoms with van der Waals surface area (Å²) in [6, 6.07) is -4.83. The molecule has 1 fully saturated rings. The first kappa shape index (κ1) is 27.8. The van der Waals surface area contributed by atoms with Crippen LogP contribution in [0, 0.1) is 5.92 Å². The summed E-state index contributed by atoms with van der Waals surface area (Å²) in [6.07, 6.45) is -0.0352. The van der Waals surface area contributed by atoms with Crippen molar-refractivity contribution in [2.24, 2.45) is 11.7 Å². The first-order valence-electron chi connectivity index (χ1n) is 10.7. The summed E-state index contributed by atoms with van der Waals surface area (Å²) >= 11 is 0. The van der Waals surface area contributed by atoms with Crippen molar-refractivity contribution in [2.45, 2.75) is 76.5 Å². The van der Waals surface area contributed by atoms with Crippen molar-refractivity contribution < 1.29 is 44.1 Å². The van der Waals surface area contributed by atoms with Crippen LogP contribution in [0.15, 0.2) is 0 Å². The standard InChI is InChI=1S/C20H32N4O9/c1-3-10(2)16(23-17(29)11(21)6-7-14(25)26)19(31)24-8-4-5-13(24)18(30)22-12(20(32)33)9-15(27)28/h10-13,16H,3-9,21H2,1-2H3,(H,22,30)(H,23,29)(H,25,26)(H,27,28)(H,32,33). The van der Waals surface area contributed by atoms with Gasteiger partial charge in [0.25, 0.3) is 0 Å². The third-order valence-corrected chi connectivity index (χ3v) is 5.61. The molecule has 0 aliphatic carbocycles. The molecule has 33 heavy (non-hydrogen) atoms. The van der Waals surface area contributed by atoms with Gasteiger partial charge < -0.3 is 36.6 Å². The zero-order valence-electron chi connectivity index (χ0n) is 18.7. The number of carbonyl (C=O) groups is 6. The number of nitrogens with two attached hydrogens (primary N) is 1. The Morgan fingerprint density at radius 1 is 1.06 bits per heavy atom. The number of carbonyl (C=O) groups excluding carboxylic acids is 3. The van der Waals surface area contributed by atoms with E-state index in [9.17, 15) is 28.8 Å². The van der Waals surface area contributed by atoms with Gasteiger partial charge >= 0.3 is 17.9 Å². The van der Waals surface area contributed by atoms with Gasteiger partial charge in [-0.25, -0.2) is 4.79 Å². The number of hydrogen-bond donors (Lipinski definition) is 6. The Hall–Kier alpha value is -3.22. The third-order valence-electron chi connectivity index (χ3n) is 5.61. The number of aliphatic carboxylic acids is 3. The lowest BCUT2D eigenvalue weighted by Gasteiger charge is -2.32. The van der Waals surface area contributed by atoms with Crippen LogP contribution in [-0.2, 0) is 28.8 Å². The van der Waals surface area contributed by atoms with Crippen LogP contribution in [0.1, 0.15) is 52.4 Å². The molecule has 13 heteroatoms. The van der Waals surface area contributed by atoms with Gasteiger partial charge in [-0.05, 0) is 25.2 Å². The molecule has 1 heterocycles. The maximum Gasteiger partial charge on any atom is 0.326 e. The predicted octanol–water partition coefficient (Wildman–Crippen LogP) is -1.26. The molecule has 1 aliphatic rings. The summed E-state index contributed by atoms with van der Waals surface area (Å²) in [7, 11) is 0. The van der Waals surface area contributed by atoms with Crippen molar-refractivity contribution in [3.8, 4) is 0 Å². The number of amides is 3. The predicted molar refractivity (Wildman–Crippen MR) is 113 cm³/mol. The molecule has 0 aromatic rings. The normalized spacial score (nSPS) is 19.1. The molecule has 0 radical (unpaired) electrons. The number of nitrogens with zero attached hydrogens (tertiary/aromatic N) is 1. The van der Waals surface area contributed by atoms with E-state index in [0.717, 1.165) is 0 Å². The number of likely N-dealkylation sites (tertiary alicyclic amines) is 1. The molecule has 0 aromatic heterocycles. The summed E-state index contributed by atoms with van der Waals surface area (Å²) in [6.45, 7) is 3.73. The molecular weight excluding hydrogens is 440 g/mol. The van der Waals surface area contributed by atoms with Crippen molar-refractivity contribution in [3.63, 3.8) is 0 Å². The Morgan fingerprint density at radius 2 is 1.70 bits per heavy atom. The fourth-order valence-corrected chi connectivity index (χ4v) is 3.48. The van der Waals surface area contributed by atoms with E-state index in [-0.39, 0.29) is 31.7 Å². The van der Waals surface area contributed by atoms with E-state index in [1.807, 2.05) is 0 Å². The lowest BCUT2D eigenvalue weighted by molar-refractivity contribution is -0.148. The average Bonchev–Trinajstić information content (AvgIpc) is 3.23. The van der Waals surface area contributed by atoms with Crippen LogP contribution in [0.3, 0.4) is 0 Å². The molecule has 5 atom stereocenters. The summed E-state index contributed by atoms with van der Waals surface area (Å²) in [5, 5.41) is 31.5. The third kappa shape index (κ3) is 8.33. The van der Waals surface area contributed by atoms with Crippen molar-refractivity contribution in [3.05, 3.63) is 0 Å². The first-order chi connectivity index (χ1) is 15.4. The van der Waals surface area contributed by atoms with Crippen LogP contribution in [0.4, 0.5) is 0 Å². The Bertz CT molecular complexity index is 773. The maximum atomic E-state index is 13.3. The van der Waals surface area contributed by atoms with E-state index >= 15 is 0 Å². The SMILES string of the molecule is CCC(C)C(NC(=O)C(N)CCC(=O)O)C(=O)N1CCCC1C(=O)NC(CC(=O)O)C(=O)O. The second kappa shape index (κ2) is 12.7. The molecule has 5 unspecified atom stereocenters. The highest BCUT2D eigenvalue weighted by Crippen LogP contribution is 2.22. The fraction of sp³-hybridized carbons (Fsp3) is 0.700. The highest BCUT2D eigenvalue weighted by Gasteiger charge is 2.40. The summed E-state index contributed by atoms with van der Waals surface area (Å²) < 4.78 is 0. The van der Waals surface area contributed by atoms with Gasteiger partial charge in [0, 0.05) is 13.0 Å². The second-order valence-corrected chi connectivity index (χ2v) is 8.10. The van der Waals surface area contributed by atoms with E-state index in [1.165, 1.54) is 4.90 Å². The lowest BCUT2D eigenvalue weighted by atomic mass is 9.96. The van der Waals surface area contributed by atoms with Crippen LogP contribution in [0.2, 0.25) is 0 Å². The van der Waals surface area contributed by atoms with Gasteiger partial charge in [0.1, 0.15) is 18.1 Å².